The fraction of sp³-hybridized carbons (Fsp3) is 1.00. The van der Waals surface area contributed by atoms with Crippen LogP contribution >= 0.6 is 0 Å². The molecule has 1 atom stereocenters. The Labute approximate surface area is 94.5 Å². The van der Waals surface area contributed by atoms with Crippen molar-refractivity contribution in [2.45, 2.75) is 76.9 Å². The topological polar surface area (TPSA) is 32.3 Å². The molecular weight excluding hydrogens is 186 g/mol. The second-order valence-corrected chi connectivity index (χ2v) is 4.85. The molecule has 0 aromatic carbocycles. The zero-order chi connectivity index (χ0) is 10.9. The van der Waals surface area contributed by atoms with Crippen LogP contribution in [0.1, 0.15) is 64.7 Å². The van der Waals surface area contributed by atoms with Crippen molar-refractivity contribution in [1.29, 1.82) is 0 Å². The average molecular weight is 213 g/mol. The molecule has 90 valence electrons. The van der Waals surface area contributed by atoms with Gasteiger partial charge in [-0.25, -0.2) is 0 Å². The van der Waals surface area contributed by atoms with Gasteiger partial charge in [0.25, 0.3) is 0 Å². The first kappa shape index (κ1) is 13.0. The van der Waals surface area contributed by atoms with Crippen LogP contribution in [0.5, 0.6) is 0 Å². The normalized spacial score (nSPS) is 21.2. The van der Waals surface area contributed by atoms with E-state index in [9.17, 15) is 5.11 Å². The number of rotatable bonds is 6. The van der Waals surface area contributed by atoms with Gasteiger partial charge in [0.05, 0.1) is 6.10 Å². The predicted octanol–water partition coefficient (Wildman–Crippen LogP) is 2.85. The highest BCUT2D eigenvalue weighted by molar-refractivity contribution is 4.70. The Kier molecular flexibility index (Phi) is 7.03. The molecule has 0 amide bonds. The zero-order valence-electron chi connectivity index (χ0n) is 10.2. The molecule has 1 unspecified atom stereocenters. The molecule has 2 N–H and O–H groups in total. The SMILES string of the molecule is CCC(O)CCCNC1CCCCCC1. The molecule has 0 heterocycles. The van der Waals surface area contributed by atoms with E-state index < -0.39 is 0 Å². The molecule has 1 rings (SSSR count). The molecule has 0 radical (unpaired) electrons. The molecule has 0 bridgehead atoms. The zero-order valence-corrected chi connectivity index (χ0v) is 10.2. The first-order chi connectivity index (χ1) is 7.33. The first-order valence-corrected chi connectivity index (χ1v) is 6.74. The summed E-state index contributed by atoms with van der Waals surface area (Å²) in [7, 11) is 0. The summed E-state index contributed by atoms with van der Waals surface area (Å²) in [5.74, 6) is 0. The lowest BCUT2D eigenvalue weighted by Gasteiger charge is -2.16. The highest BCUT2D eigenvalue weighted by atomic mass is 16.3. The maximum atomic E-state index is 9.41. The smallest absolute Gasteiger partial charge is 0.0538 e. The fourth-order valence-corrected chi connectivity index (χ4v) is 2.33. The standard InChI is InChI=1S/C13H27NO/c1-2-13(15)10-7-11-14-12-8-5-3-4-6-9-12/h12-15H,2-11H2,1H3. The lowest BCUT2D eigenvalue weighted by Crippen LogP contribution is -2.29. The molecule has 15 heavy (non-hydrogen) atoms. The summed E-state index contributed by atoms with van der Waals surface area (Å²) in [5, 5.41) is 13.0. The molecule has 2 heteroatoms. The van der Waals surface area contributed by atoms with Crippen LogP contribution in [0.2, 0.25) is 0 Å². The summed E-state index contributed by atoms with van der Waals surface area (Å²) >= 11 is 0. The molecule has 1 fully saturated rings. The molecule has 0 aromatic heterocycles. The van der Waals surface area contributed by atoms with E-state index in [1.54, 1.807) is 0 Å². The van der Waals surface area contributed by atoms with E-state index >= 15 is 0 Å². The molecule has 0 aliphatic heterocycles. The number of aliphatic hydroxyl groups excluding tert-OH is 1. The van der Waals surface area contributed by atoms with Crippen molar-refractivity contribution in [3.63, 3.8) is 0 Å². The van der Waals surface area contributed by atoms with E-state index in [-0.39, 0.29) is 6.10 Å². The van der Waals surface area contributed by atoms with E-state index in [1.165, 1.54) is 38.5 Å². The van der Waals surface area contributed by atoms with Gasteiger partial charge < -0.3 is 10.4 Å². The highest BCUT2D eigenvalue weighted by Gasteiger charge is 2.10. The molecule has 1 saturated carbocycles. The van der Waals surface area contributed by atoms with E-state index in [0.717, 1.165) is 31.8 Å². The third-order valence-corrected chi connectivity index (χ3v) is 3.47. The number of hydrogen-bond donors (Lipinski definition) is 2. The van der Waals surface area contributed by atoms with Crippen LogP contribution in [0.25, 0.3) is 0 Å². The van der Waals surface area contributed by atoms with Gasteiger partial charge in [-0.05, 0) is 38.6 Å². The van der Waals surface area contributed by atoms with E-state index in [1.807, 2.05) is 6.92 Å². The maximum Gasteiger partial charge on any atom is 0.0538 e. The minimum absolute atomic E-state index is 0.0825. The Balaban J connectivity index is 1.98. The van der Waals surface area contributed by atoms with Crippen molar-refractivity contribution in [3.8, 4) is 0 Å². The monoisotopic (exact) mass is 213 g/mol. The van der Waals surface area contributed by atoms with Gasteiger partial charge in [-0.15, -0.1) is 0 Å². The van der Waals surface area contributed by atoms with Crippen LogP contribution in [0.15, 0.2) is 0 Å². The van der Waals surface area contributed by atoms with Crippen molar-refractivity contribution >= 4 is 0 Å². The van der Waals surface area contributed by atoms with E-state index in [2.05, 4.69) is 5.32 Å². The summed E-state index contributed by atoms with van der Waals surface area (Å²) < 4.78 is 0. The molecule has 0 saturated heterocycles. The van der Waals surface area contributed by atoms with Gasteiger partial charge in [-0.3, -0.25) is 0 Å². The molecule has 1 aliphatic carbocycles. The highest BCUT2D eigenvalue weighted by Crippen LogP contribution is 2.17. The van der Waals surface area contributed by atoms with Gasteiger partial charge in [0.2, 0.25) is 0 Å². The van der Waals surface area contributed by atoms with Crippen molar-refractivity contribution in [2.75, 3.05) is 6.54 Å². The minimum atomic E-state index is -0.0825. The van der Waals surface area contributed by atoms with Gasteiger partial charge >= 0.3 is 0 Å². The Morgan fingerprint density at radius 3 is 2.47 bits per heavy atom. The van der Waals surface area contributed by atoms with Crippen LogP contribution in [0, 0.1) is 0 Å². The van der Waals surface area contributed by atoms with E-state index in [4.69, 9.17) is 0 Å². The Morgan fingerprint density at radius 1 is 1.20 bits per heavy atom. The number of hydrogen-bond acceptors (Lipinski definition) is 2. The maximum absolute atomic E-state index is 9.41. The van der Waals surface area contributed by atoms with Crippen molar-refractivity contribution in [3.05, 3.63) is 0 Å². The van der Waals surface area contributed by atoms with Gasteiger partial charge in [0.1, 0.15) is 0 Å². The van der Waals surface area contributed by atoms with Crippen molar-refractivity contribution in [1.82, 2.24) is 5.32 Å². The Morgan fingerprint density at radius 2 is 1.87 bits per heavy atom. The average Bonchev–Trinajstić information content (AvgIpc) is 2.52. The number of aliphatic hydroxyl groups is 1. The molecular formula is C13H27NO. The minimum Gasteiger partial charge on any atom is -0.393 e. The Bertz CT molecular complexity index is 141. The largest absolute Gasteiger partial charge is 0.393 e. The molecule has 2 nitrogen and oxygen atoms in total. The summed E-state index contributed by atoms with van der Waals surface area (Å²) in [6.45, 7) is 3.13. The lowest BCUT2D eigenvalue weighted by atomic mass is 10.1. The third kappa shape index (κ3) is 6.16. The third-order valence-electron chi connectivity index (χ3n) is 3.47. The van der Waals surface area contributed by atoms with Crippen LogP contribution in [-0.4, -0.2) is 23.8 Å². The van der Waals surface area contributed by atoms with Crippen LogP contribution in [0.4, 0.5) is 0 Å². The van der Waals surface area contributed by atoms with Crippen molar-refractivity contribution < 1.29 is 5.11 Å². The summed E-state index contributed by atoms with van der Waals surface area (Å²) in [5.41, 5.74) is 0. The quantitative estimate of drug-likeness (QED) is 0.525. The van der Waals surface area contributed by atoms with Crippen LogP contribution in [-0.2, 0) is 0 Å². The second-order valence-electron chi connectivity index (χ2n) is 4.85. The van der Waals surface area contributed by atoms with E-state index in [0.29, 0.717) is 0 Å². The van der Waals surface area contributed by atoms with Gasteiger partial charge in [0, 0.05) is 6.04 Å². The lowest BCUT2D eigenvalue weighted by molar-refractivity contribution is 0.157. The Hall–Kier alpha value is -0.0800. The first-order valence-electron chi connectivity index (χ1n) is 6.74. The van der Waals surface area contributed by atoms with Crippen LogP contribution in [0.3, 0.4) is 0 Å². The van der Waals surface area contributed by atoms with Gasteiger partial charge in [-0.2, -0.15) is 0 Å². The molecule has 0 aromatic rings. The summed E-state index contributed by atoms with van der Waals surface area (Å²) in [6.07, 6.45) is 11.2. The fourth-order valence-electron chi connectivity index (χ4n) is 2.33. The molecule has 1 aliphatic rings. The van der Waals surface area contributed by atoms with Gasteiger partial charge in [0.15, 0.2) is 0 Å². The molecule has 0 spiro atoms. The van der Waals surface area contributed by atoms with Crippen molar-refractivity contribution in [2.24, 2.45) is 0 Å². The number of nitrogens with one attached hydrogen (secondary N) is 1. The van der Waals surface area contributed by atoms with Crippen LogP contribution < -0.4 is 5.32 Å². The van der Waals surface area contributed by atoms with Gasteiger partial charge in [-0.1, -0.05) is 32.6 Å². The summed E-state index contributed by atoms with van der Waals surface area (Å²) in [6, 6.07) is 0.756. The predicted molar refractivity (Wildman–Crippen MR) is 65.0 cm³/mol. The summed E-state index contributed by atoms with van der Waals surface area (Å²) in [4.78, 5) is 0. The second kappa shape index (κ2) is 8.12.